The van der Waals surface area contributed by atoms with Gasteiger partial charge in [0.25, 0.3) is 0 Å². The molecule has 1 heterocycles. The number of aliphatic hydroxyl groups is 1. The van der Waals surface area contributed by atoms with E-state index in [-0.39, 0.29) is 12.1 Å². The van der Waals surface area contributed by atoms with Crippen LogP contribution >= 0.6 is 0 Å². The van der Waals surface area contributed by atoms with E-state index in [0.29, 0.717) is 6.61 Å². The molecular weight excluding hydrogens is 228 g/mol. The minimum atomic E-state index is -1.29. The third-order valence-electron chi connectivity index (χ3n) is 2.67. The van der Waals surface area contributed by atoms with Crippen molar-refractivity contribution in [1.82, 2.24) is 10.6 Å². The zero-order valence-corrected chi connectivity index (χ0v) is 9.68. The van der Waals surface area contributed by atoms with Gasteiger partial charge in [0.05, 0.1) is 18.8 Å². The maximum atomic E-state index is 11.4. The molecule has 0 bridgehead atoms. The highest BCUT2D eigenvalue weighted by Gasteiger charge is 2.25. The van der Waals surface area contributed by atoms with E-state index >= 15 is 0 Å². The molecule has 17 heavy (non-hydrogen) atoms. The smallest absolute Gasteiger partial charge is 0.328 e. The van der Waals surface area contributed by atoms with Crippen molar-refractivity contribution < 1.29 is 24.5 Å². The number of rotatable bonds is 5. The fraction of sp³-hybridized carbons (Fsp3) is 0.800. The van der Waals surface area contributed by atoms with Crippen LogP contribution in [-0.2, 0) is 9.53 Å². The van der Waals surface area contributed by atoms with Crippen LogP contribution in [0.5, 0.6) is 0 Å². The Kier molecular flexibility index (Phi) is 5.17. The van der Waals surface area contributed by atoms with Crippen LogP contribution in [0.1, 0.15) is 19.8 Å². The number of aliphatic hydroxyl groups excluding tert-OH is 1. The Morgan fingerprint density at radius 2 is 2.18 bits per heavy atom. The summed E-state index contributed by atoms with van der Waals surface area (Å²) in [5, 5.41) is 22.1. The molecule has 0 aromatic carbocycles. The van der Waals surface area contributed by atoms with Crippen LogP contribution in [0.15, 0.2) is 0 Å². The summed E-state index contributed by atoms with van der Waals surface area (Å²) >= 11 is 0. The molecule has 1 rings (SSSR count). The molecule has 2 amide bonds. The van der Waals surface area contributed by atoms with Crippen molar-refractivity contribution >= 4 is 12.0 Å². The maximum Gasteiger partial charge on any atom is 0.328 e. The number of hydrogen-bond acceptors (Lipinski definition) is 4. The Labute approximate surface area is 99.1 Å². The van der Waals surface area contributed by atoms with Gasteiger partial charge in [-0.05, 0) is 19.8 Å². The number of carbonyl (C=O) groups is 2. The lowest BCUT2D eigenvalue weighted by molar-refractivity contribution is -0.140. The van der Waals surface area contributed by atoms with Gasteiger partial charge in [0, 0.05) is 6.61 Å². The van der Waals surface area contributed by atoms with Crippen molar-refractivity contribution in [3.63, 3.8) is 0 Å². The molecule has 1 saturated heterocycles. The van der Waals surface area contributed by atoms with E-state index in [1.807, 2.05) is 0 Å². The molecule has 1 aliphatic rings. The molecule has 2 unspecified atom stereocenters. The number of nitrogens with one attached hydrogen (secondary N) is 2. The summed E-state index contributed by atoms with van der Waals surface area (Å²) in [5.41, 5.74) is 0. The quantitative estimate of drug-likeness (QED) is 0.513. The average Bonchev–Trinajstić information content (AvgIpc) is 2.78. The van der Waals surface area contributed by atoms with Gasteiger partial charge in [0.15, 0.2) is 6.04 Å². The molecule has 7 heteroatoms. The Balaban J connectivity index is 2.35. The Morgan fingerprint density at radius 3 is 2.65 bits per heavy atom. The maximum absolute atomic E-state index is 11.4. The van der Waals surface area contributed by atoms with Crippen molar-refractivity contribution in [3.05, 3.63) is 0 Å². The second kappa shape index (κ2) is 6.41. The van der Waals surface area contributed by atoms with E-state index in [2.05, 4.69) is 10.6 Å². The first-order valence-electron chi connectivity index (χ1n) is 5.57. The lowest BCUT2D eigenvalue weighted by Crippen LogP contribution is -2.52. The topological polar surface area (TPSA) is 108 Å². The highest BCUT2D eigenvalue weighted by Crippen LogP contribution is 2.15. The van der Waals surface area contributed by atoms with E-state index in [1.165, 1.54) is 0 Å². The van der Waals surface area contributed by atoms with E-state index in [0.717, 1.165) is 12.8 Å². The minimum absolute atomic E-state index is 0.0295. The number of urea groups is 1. The van der Waals surface area contributed by atoms with Crippen molar-refractivity contribution in [1.29, 1.82) is 0 Å². The third kappa shape index (κ3) is 4.20. The van der Waals surface area contributed by atoms with Crippen molar-refractivity contribution in [3.8, 4) is 0 Å². The number of carboxylic acid groups (broad SMARTS) is 1. The predicted octanol–water partition coefficient (Wildman–Crippen LogP) is -0.701. The normalized spacial score (nSPS) is 22.8. The van der Waals surface area contributed by atoms with Crippen LogP contribution in [0.2, 0.25) is 0 Å². The molecule has 7 nitrogen and oxygen atoms in total. The summed E-state index contributed by atoms with van der Waals surface area (Å²) in [6, 6.07) is -2.09. The molecule has 0 saturated carbocycles. The highest BCUT2D eigenvalue weighted by atomic mass is 16.5. The summed E-state index contributed by atoms with van der Waals surface area (Å²) in [4.78, 5) is 22.0. The molecule has 0 spiro atoms. The van der Waals surface area contributed by atoms with Gasteiger partial charge < -0.3 is 25.6 Å². The van der Waals surface area contributed by atoms with E-state index < -0.39 is 24.6 Å². The lowest BCUT2D eigenvalue weighted by Gasteiger charge is -2.21. The SMILES string of the molecule is CC(NC(=O)N[C@@H](CO)C(=O)O)C1CCCO1. The average molecular weight is 246 g/mol. The number of aliphatic carboxylic acids is 1. The standard InChI is InChI=1S/C10H18N2O5/c1-6(8-3-2-4-17-8)11-10(16)12-7(5-13)9(14)15/h6-8,13H,2-5H2,1H3,(H,14,15)(H2,11,12,16)/t6?,7-,8?/m0/s1. The summed E-state index contributed by atoms with van der Waals surface area (Å²) in [7, 11) is 0. The Bertz CT molecular complexity index is 278. The zero-order chi connectivity index (χ0) is 12.8. The van der Waals surface area contributed by atoms with E-state index in [1.54, 1.807) is 6.92 Å². The third-order valence-corrected chi connectivity index (χ3v) is 2.67. The summed E-state index contributed by atoms with van der Waals surface area (Å²) in [6.07, 6.45) is 1.81. The first kappa shape index (κ1) is 13.7. The van der Waals surface area contributed by atoms with Crippen LogP contribution in [-0.4, -0.2) is 53.6 Å². The minimum Gasteiger partial charge on any atom is -0.480 e. The molecule has 0 aliphatic carbocycles. The number of carbonyl (C=O) groups excluding carboxylic acids is 1. The summed E-state index contributed by atoms with van der Waals surface area (Å²) in [6.45, 7) is 1.84. The van der Waals surface area contributed by atoms with Gasteiger partial charge in [-0.2, -0.15) is 0 Å². The first-order valence-corrected chi connectivity index (χ1v) is 5.57. The van der Waals surface area contributed by atoms with Crippen LogP contribution < -0.4 is 10.6 Å². The highest BCUT2D eigenvalue weighted by molar-refractivity contribution is 5.82. The fourth-order valence-corrected chi connectivity index (χ4v) is 1.68. The summed E-state index contributed by atoms with van der Waals surface area (Å²) < 4.78 is 5.39. The molecule has 3 atom stereocenters. The first-order chi connectivity index (χ1) is 8.04. The van der Waals surface area contributed by atoms with Gasteiger partial charge in [-0.15, -0.1) is 0 Å². The van der Waals surface area contributed by atoms with E-state index in [4.69, 9.17) is 14.9 Å². The van der Waals surface area contributed by atoms with Gasteiger partial charge in [-0.3, -0.25) is 0 Å². The van der Waals surface area contributed by atoms with Crippen LogP contribution in [0, 0.1) is 0 Å². The van der Waals surface area contributed by atoms with Crippen LogP contribution in [0.4, 0.5) is 4.79 Å². The van der Waals surface area contributed by atoms with Gasteiger partial charge >= 0.3 is 12.0 Å². The van der Waals surface area contributed by atoms with Crippen LogP contribution in [0.25, 0.3) is 0 Å². The van der Waals surface area contributed by atoms with Gasteiger partial charge in [0.2, 0.25) is 0 Å². The molecule has 1 fully saturated rings. The largest absolute Gasteiger partial charge is 0.480 e. The van der Waals surface area contributed by atoms with E-state index in [9.17, 15) is 9.59 Å². The number of hydrogen-bond donors (Lipinski definition) is 4. The number of carboxylic acids is 1. The molecule has 0 radical (unpaired) electrons. The van der Waals surface area contributed by atoms with Crippen LogP contribution in [0.3, 0.4) is 0 Å². The summed E-state index contributed by atoms with van der Waals surface area (Å²) in [5.74, 6) is -1.27. The van der Waals surface area contributed by atoms with Gasteiger partial charge in [-0.1, -0.05) is 0 Å². The van der Waals surface area contributed by atoms with Gasteiger partial charge in [0.1, 0.15) is 0 Å². The Morgan fingerprint density at radius 1 is 1.47 bits per heavy atom. The second-order valence-corrected chi connectivity index (χ2v) is 4.03. The second-order valence-electron chi connectivity index (χ2n) is 4.03. The molecular formula is C10H18N2O5. The monoisotopic (exact) mass is 246 g/mol. The zero-order valence-electron chi connectivity index (χ0n) is 9.68. The molecule has 98 valence electrons. The predicted molar refractivity (Wildman–Crippen MR) is 58.6 cm³/mol. The molecule has 0 aromatic heterocycles. The van der Waals surface area contributed by atoms with Crippen molar-refractivity contribution in [2.45, 2.75) is 38.0 Å². The molecule has 4 N–H and O–H groups in total. The van der Waals surface area contributed by atoms with Gasteiger partial charge in [-0.25, -0.2) is 9.59 Å². The molecule has 0 aromatic rings. The van der Waals surface area contributed by atoms with Crippen molar-refractivity contribution in [2.24, 2.45) is 0 Å². The van der Waals surface area contributed by atoms with Crippen molar-refractivity contribution in [2.75, 3.05) is 13.2 Å². The fourth-order valence-electron chi connectivity index (χ4n) is 1.68. The molecule has 1 aliphatic heterocycles. The number of ether oxygens (including phenoxy) is 1. The Hall–Kier alpha value is -1.34. The lowest BCUT2D eigenvalue weighted by atomic mass is 10.1. The number of amides is 2.